The molecule has 0 spiro atoms. The van der Waals surface area contributed by atoms with E-state index in [2.05, 4.69) is 60.1 Å². The van der Waals surface area contributed by atoms with E-state index in [1.165, 1.54) is 17.2 Å². The number of benzene rings is 2. The van der Waals surface area contributed by atoms with E-state index in [1.807, 2.05) is 31.2 Å². The molecule has 1 fully saturated rings. The Bertz CT molecular complexity index is 1030. The zero-order valence-electron chi connectivity index (χ0n) is 19.7. The third-order valence-corrected chi connectivity index (χ3v) is 5.84. The van der Waals surface area contributed by atoms with Crippen LogP contribution in [0.2, 0.25) is 13.6 Å². The van der Waals surface area contributed by atoms with Gasteiger partial charge in [-0.25, -0.2) is 9.97 Å². The van der Waals surface area contributed by atoms with E-state index in [0.29, 0.717) is 12.3 Å². The molecule has 0 bridgehead atoms. The quantitative estimate of drug-likeness (QED) is 0.404. The molecule has 0 radical (unpaired) electrons. The van der Waals surface area contributed by atoms with Crippen molar-refractivity contribution in [2.75, 3.05) is 5.32 Å². The molecular formula is C27H35BF3N3. The van der Waals surface area contributed by atoms with Crippen LogP contribution in [0.15, 0.2) is 54.7 Å². The van der Waals surface area contributed by atoms with Crippen molar-refractivity contribution in [2.45, 2.75) is 72.8 Å². The molecule has 1 saturated carbocycles. The van der Waals surface area contributed by atoms with Crippen LogP contribution in [0.5, 0.6) is 0 Å². The van der Waals surface area contributed by atoms with E-state index in [4.69, 9.17) is 0 Å². The lowest BCUT2D eigenvalue weighted by Crippen LogP contribution is -2.21. The van der Waals surface area contributed by atoms with Crippen molar-refractivity contribution in [3.8, 4) is 11.1 Å². The summed E-state index contributed by atoms with van der Waals surface area (Å²) in [5.74, 6) is -0.836. The average molecular weight is 469 g/mol. The highest BCUT2D eigenvalue weighted by molar-refractivity contribution is 6.70. The van der Waals surface area contributed by atoms with Gasteiger partial charge in [0.05, 0.1) is 0 Å². The molecule has 1 aliphatic rings. The maximum absolute atomic E-state index is 12.9. The Morgan fingerprint density at radius 2 is 1.41 bits per heavy atom. The molecule has 1 aliphatic carbocycles. The van der Waals surface area contributed by atoms with Crippen LogP contribution in [0, 0.1) is 13.8 Å². The Labute approximate surface area is 202 Å². The van der Waals surface area contributed by atoms with Crippen LogP contribution in [0.1, 0.15) is 50.1 Å². The molecule has 182 valence electrons. The van der Waals surface area contributed by atoms with E-state index in [9.17, 15) is 13.2 Å². The fourth-order valence-corrected chi connectivity index (χ4v) is 3.79. The van der Waals surface area contributed by atoms with Crippen LogP contribution < -0.4 is 10.8 Å². The number of nitrogens with zero attached hydrogens (tertiary/aromatic N) is 2. The maximum Gasteiger partial charge on any atom is 0.451 e. The van der Waals surface area contributed by atoms with Crippen molar-refractivity contribution in [3.63, 3.8) is 0 Å². The molecule has 3 nitrogen and oxygen atoms in total. The van der Waals surface area contributed by atoms with Gasteiger partial charge in [-0.1, -0.05) is 99.0 Å². The first-order valence-electron chi connectivity index (χ1n) is 11.5. The lowest BCUT2D eigenvalue weighted by molar-refractivity contribution is -0.144. The first kappa shape index (κ1) is 27.4. The van der Waals surface area contributed by atoms with Gasteiger partial charge in [-0.05, 0) is 32.3 Å². The van der Waals surface area contributed by atoms with Crippen molar-refractivity contribution in [1.82, 2.24) is 9.97 Å². The minimum absolute atomic E-state index is 0. The number of aromatic nitrogens is 2. The third kappa shape index (κ3) is 7.61. The van der Waals surface area contributed by atoms with Gasteiger partial charge in [0.25, 0.3) is 0 Å². The minimum Gasteiger partial charge on any atom is -0.367 e. The average Bonchev–Trinajstić information content (AvgIpc) is 3.28. The standard InChI is InChI=1S/C17H18F3N3.C9H13B.CH4/c1-11-6-8-12(9-7-11)14-10-21-16(17(18,19)20)23-15(14)22-13-4-2-3-5-13;1-8-4-6-9(7-5-8)10(2)3;/h6-10,13H,2-5H2,1H3,(H,21,22,23);4-7H,1-3H3;1H4. The van der Waals surface area contributed by atoms with Gasteiger partial charge in [-0.2, -0.15) is 13.2 Å². The molecule has 0 atom stereocenters. The van der Waals surface area contributed by atoms with E-state index in [1.54, 1.807) is 0 Å². The first-order valence-corrected chi connectivity index (χ1v) is 11.5. The monoisotopic (exact) mass is 469 g/mol. The lowest BCUT2D eigenvalue weighted by atomic mass is 9.49. The summed E-state index contributed by atoms with van der Waals surface area (Å²) in [4.78, 5) is 7.27. The Kier molecular flexibility index (Phi) is 9.71. The fourth-order valence-electron chi connectivity index (χ4n) is 3.79. The molecule has 4 rings (SSSR count). The predicted molar refractivity (Wildman–Crippen MR) is 138 cm³/mol. The van der Waals surface area contributed by atoms with Gasteiger partial charge in [0.1, 0.15) is 5.82 Å². The second kappa shape index (κ2) is 12.0. The molecule has 1 heterocycles. The summed E-state index contributed by atoms with van der Waals surface area (Å²) in [6.45, 7) is 9.16. The summed E-state index contributed by atoms with van der Waals surface area (Å²) in [7, 11) is 0. The van der Waals surface area contributed by atoms with Gasteiger partial charge < -0.3 is 5.32 Å². The summed E-state index contributed by atoms with van der Waals surface area (Å²) in [6.07, 6.45) is 0.816. The number of hydrogen-bond acceptors (Lipinski definition) is 3. The molecular weight excluding hydrogens is 434 g/mol. The minimum atomic E-state index is -4.54. The second-order valence-corrected chi connectivity index (χ2v) is 9.01. The van der Waals surface area contributed by atoms with Crippen molar-refractivity contribution in [3.05, 3.63) is 71.7 Å². The molecule has 1 N–H and O–H groups in total. The summed E-state index contributed by atoms with van der Waals surface area (Å²) >= 11 is 0. The van der Waals surface area contributed by atoms with Crippen LogP contribution >= 0.6 is 0 Å². The maximum atomic E-state index is 12.9. The fraction of sp³-hybridized carbons (Fsp3) is 0.407. The topological polar surface area (TPSA) is 37.8 Å². The first-order chi connectivity index (χ1) is 15.6. The van der Waals surface area contributed by atoms with Crippen molar-refractivity contribution >= 4 is 18.0 Å². The summed E-state index contributed by atoms with van der Waals surface area (Å²) < 4.78 is 38.7. The number of anilines is 1. The molecule has 7 heteroatoms. The Morgan fingerprint density at radius 1 is 0.882 bits per heavy atom. The number of halogens is 3. The van der Waals surface area contributed by atoms with Gasteiger partial charge in [0.2, 0.25) is 5.82 Å². The van der Waals surface area contributed by atoms with Crippen LogP contribution in [-0.2, 0) is 6.18 Å². The van der Waals surface area contributed by atoms with E-state index in [0.717, 1.165) is 36.8 Å². The lowest BCUT2D eigenvalue weighted by Gasteiger charge is -2.17. The van der Waals surface area contributed by atoms with Crippen molar-refractivity contribution < 1.29 is 13.2 Å². The van der Waals surface area contributed by atoms with Gasteiger partial charge in [-0.15, -0.1) is 0 Å². The Balaban J connectivity index is 0.000000314. The molecule has 2 aromatic carbocycles. The zero-order chi connectivity index (χ0) is 24.0. The summed E-state index contributed by atoms with van der Waals surface area (Å²) in [5.41, 5.74) is 5.26. The molecule has 0 aliphatic heterocycles. The van der Waals surface area contributed by atoms with E-state index in [-0.39, 0.29) is 19.3 Å². The smallest absolute Gasteiger partial charge is 0.367 e. The molecule has 1 aromatic heterocycles. The van der Waals surface area contributed by atoms with Crippen LogP contribution in [0.3, 0.4) is 0 Å². The number of rotatable bonds is 4. The molecule has 0 saturated heterocycles. The SMILES string of the molecule is C.CB(C)c1ccc(C)cc1.Cc1ccc(-c2cnc(C(F)(F)F)nc2NC2CCCC2)cc1. The number of nitrogens with one attached hydrogen (secondary N) is 1. The summed E-state index contributed by atoms with van der Waals surface area (Å²) in [5, 5.41) is 3.18. The summed E-state index contributed by atoms with van der Waals surface area (Å²) in [6, 6.07) is 16.5. The molecule has 34 heavy (non-hydrogen) atoms. The van der Waals surface area contributed by atoms with Crippen LogP contribution in [-0.4, -0.2) is 22.7 Å². The normalized spacial score (nSPS) is 13.5. The second-order valence-electron chi connectivity index (χ2n) is 9.01. The Morgan fingerprint density at radius 3 is 1.91 bits per heavy atom. The van der Waals surface area contributed by atoms with Gasteiger partial charge >= 0.3 is 6.18 Å². The van der Waals surface area contributed by atoms with Gasteiger partial charge in [0.15, 0.2) is 6.71 Å². The third-order valence-electron chi connectivity index (χ3n) is 5.84. The largest absolute Gasteiger partial charge is 0.451 e. The van der Waals surface area contributed by atoms with Crippen LogP contribution in [0.4, 0.5) is 19.0 Å². The van der Waals surface area contributed by atoms with Crippen molar-refractivity contribution in [2.24, 2.45) is 0 Å². The van der Waals surface area contributed by atoms with Gasteiger partial charge in [-0.3, -0.25) is 0 Å². The molecule has 3 aromatic rings. The molecule has 0 unspecified atom stereocenters. The number of aryl methyl sites for hydroxylation is 2. The van der Waals surface area contributed by atoms with E-state index < -0.39 is 12.0 Å². The Hall–Kier alpha value is -2.83. The van der Waals surface area contributed by atoms with E-state index >= 15 is 0 Å². The molecule has 0 amide bonds. The number of alkyl halides is 3. The van der Waals surface area contributed by atoms with Crippen molar-refractivity contribution in [1.29, 1.82) is 0 Å². The van der Waals surface area contributed by atoms with Gasteiger partial charge in [0, 0.05) is 17.8 Å². The number of hydrogen-bond donors (Lipinski definition) is 1. The zero-order valence-corrected chi connectivity index (χ0v) is 19.7. The highest BCUT2D eigenvalue weighted by Crippen LogP contribution is 2.33. The van der Waals surface area contributed by atoms with Crippen LogP contribution in [0.25, 0.3) is 11.1 Å². The predicted octanol–water partition coefficient (Wildman–Crippen LogP) is 7.42. The highest BCUT2D eigenvalue weighted by Gasteiger charge is 2.35. The highest BCUT2D eigenvalue weighted by atomic mass is 19.4.